The smallest absolute Gasteiger partial charge is 0.281 e. The van der Waals surface area contributed by atoms with Gasteiger partial charge < -0.3 is 10.1 Å². The molecule has 0 spiro atoms. The molecule has 2 aromatic heterocycles. The second-order valence-corrected chi connectivity index (χ2v) is 5.09. The second kappa shape index (κ2) is 5.92. The Morgan fingerprint density at radius 2 is 1.96 bits per heavy atom. The summed E-state index contributed by atoms with van der Waals surface area (Å²) in [5.41, 5.74) is 1.78. The lowest BCUT2D eigenvalue weighted by Gasteiger charge is -2.07. The molecular weight excluding hydrogens is 294 g/mol. The van der Waals surface area contributed by atoms with Crippen molar-refractivity contribution in [1.82, 2.24) is 9.38 Å². The van der Waals surface area contributed by atoms with Gasteiger partial charge in [0.05, 0.1) is 13.3 Å². The molecule has 3 rings (SSSR count). The van der Waals surface area contributed by atoms with E-state index in [9.17, 15) is 9.59 Å². The molecule has 6 nitrogen and oxygen atoms in total. The number of amides is 1. The number of nitrogens with one attached hydrogen (secondary N) is 1. The molecule has 0 atom stereocenters. The highest BCUT2D eigenvalue weighted by atomic mass is 16.5. The molecule has 1 aromatic carbocycles. The van der Waals surface area contributed by atoms with Crippen molar-refractivity contribution in [3.63, 3.8) is 0 Å². The molecule has 0 bridgehead atoms. The third-order valence-electron chi connectivity index (χ3n) is 3.47. The molecule has 116 valence electrons. The van der Waals surface area contributed by atoms with E-state index in [1.54, 1.807) is 43.6 Å². The molecule has 23 heavy (non-hydrogen) atoms. The molecule has 1 N–H and O–H groups in total. The van der Waals surface area contributed by atoms with Crippen LogP contribution in [0, 0.1) is 6.92 Å². The van der Waals surface area contributed by atoms with Gasteiger partial charge in [0.1, 0.15) is 17.1 Å². The average molecular weight is 309 g/mol. The average Bonchev–Trinajstić information content (AvgIpc) is 2.57. The molecule has 1 amide bonds. The second-order valence-electron chi connectivity index (χ2n) is 5.09. The zero-order valence-electron chi connectivity index (χ0n) is 12.7. The summed E-state index contributed by atoms with van der Waals surface area (Å²) in [5.74, 6) is 0.281. The molecule has 2 heterocycles. The summed E-state index contributed by atoms with van der Waals surface area (Å²) < 4.78 is 6.45. The number of nitrogens with zero attached hydrogens (tertiary/aromatic N) is 2. The van der Waals surface area contributed by atoms with Crippen LogP contribution in [-0.2, 0) is 0 Å². The first kappa shape index (κ1) is 14.8. The number of anilines is 1. The topological polar surface area (TPSA) is 72.7 Å². The number of ether oxygens (including phenoxy) is 1. The van der Waals surface area contributed by atoms with E-state index in [2.05, 4.69) is 10.3 Å². The van der Waals surface area contributed by atoms with Gasteiger partial charge in [-0.05, 0) is 48.9 Å². The summed E-state index contributed by atoms with van der Waals surface area (Å²) in [6.45, 7) is 1.92. The van der Waals surface area contributed by atoms with Gasteiger partial charge in [-0.2, -0.15) is 0 Å². The summed E-state index contributed by atoms with van der Waals surface area (Å²) >= 11 is 0. The van der Waals surface area contributed by atoms with Crippen LogP contribution in [0.25, 0.3) is 5.65 Å². The number of hydrogen-bond donors (Lipinski definition) is 1. The summed E-state index contributed by atoms with van der Waals surface area (Å²) in [6, 6.07) is 10.2. The Balaban J connectivity index is 1.91. The predicted molar refractivity (Wildman–Crippen MR) is 87.1 cm³/mol. The van der Waals surface area contributed by atoms with Crippen molar-refractivity contribution in [2.75, 3.05) is 12.4 Å². The minimum atomic E-state index is -0.376. The van der Waals surface area contributed by atoms with Crippen LogP contribution in [0.2, 0.25) is 0 Å². The Hall–Kier alpha value is -3.15. The van der Waals surface area contributed by atoms with Crippen molar-refractivity contribution in [3.8, 4) is 5.75 Å². The standard InChI is InChI=1S/C17H15N3O3/c1-11-7-8-20-15(9-11)18-10-14(17(20)22)19-16(21)12-3-5-13(23-2)6-4-12/h3-10H,1-2H3,(H,19,21). The maximum atomic E-state index is 12.4. The number of benzene rings is 1. The van der Waals surface area contributed by atoms with Crippen molar-refractivity contribution in [2.24, 2.45) is 0 Å². The fourth-order valence-electron chi connectivity index (χ4n) is 2.20. The zero-order valence-corrected chi connectivity index (χ0v) is 12.7. The molecule has 3 aromatic rings. The number of carbonyl (C=O) groups is 1. The number of rotatable bonds is 3. The number of hydrogen-bond acceptors (Lipinski definition) is 4. The maximum Gasteiger partial charge on any atom is 0.281 e. The van der Waals surface area contributed by atoms with Crippen molar-refractivity contribution < 1.29 is 9.53 Å². The van der Waals surface area contributed by atoms with Gasteiger partial charge in [0, 0.05) is 11.8 Å². The highest BCUT2D eigenvalue weighted by Gasteiger charge is 2.10. The Kier molecular flexibility index (Phi) is 3.80. The fraction of sp³-hybridized carbons (Fsp3) is 0.118. The van der Waals surface area contributed by atoms with Gasteiger partial charge in [0.2, 0.25) is 0 Å². The third kappa shape index (κ3) is 2.91. The Morgan fingerprint density at radius 3 is 2.65 bits per heavy atom. The fourth-order valence-corrected chi connectivity index (χ4v) is 2.20. The number of methoxy groups -OCH3 is 1. The van der Waals surface area contributed by atoms with Crippen LogP contribution in [0.4, 0.5) is 5.69 Å². The van der Waals surface area contributed by atoms with Crippen LogP contribution in [-0.4, -0.2) is 22.4 Å². The van der Waals surface area contributed by atoms with E-state index in [1.807, 2.05) is 13.0 Å². The molecule has 0 radical (unpaired) electrons. The molecule has 0 fully saturated rings. The normalized spacial score (nSPS) is 10.5. The quantitative estimate of drug-likeness (QED) is 0.805. The minimum Gasteiger partial charge on any atom is -0.497 e. The van der Waals surface area contributed by atoms with E-state index in [1.165, 1.54) is 10.6 Å². The summed E-state index contributed by atoms with van der Waals surface area (Å²) in [5, 5.41) is 2.60. The van der Waals surface area contributed by atoms with E-state index in [-0.39, 0.29) is 17.2 Å². The molecule has 0 unspecified atom stereocenters. The molecule has 0 saturated carbocycles. The molecule has 0 aliphatic rings. The number of aromatic nitrogens is 2. The van der Waals surface area contributed by atoms with Gasteiger partial charge in [-0.15, -0.1) is 0 Å². The Labute approximate surface area is 132 Å². The number of aryl methyl sites for hydroxylation is 1. The van der Waals surface area contributed by atoms with Crippen molar-refractivity contribution in [1.29, 1.82) is 0 Å². The van der Waals surface area contributed by atoms with Crippen LogP contribution in [0.15, 0.2) is 53.6 Å². The van der Waals surface area contributed by atoms with E-state index in [0.717, 1.165) is 5.56 Å². The van der Waals surface area contributed by atoms with Gasteiger partial charge in [0.25, 0.3) is 11.5 Å². The van der Waals surface area contributed by atoms with Crippen LogP contribution in [0.5, 0.6) is 5.75 Å². The maximum absolute atomic E-state index is 12.4. The lowest BCUT2D eigenvalue weighted by molar-refractivity contribution is 0.102. The van der Waals surface area contributed by atoms with E-state index >= 15 is 0 Å². The monoisotopic (exact) mass is 309 g/mol. The van der Waals surface area contributed by atoms with E-state index in [0.29, 0.717) is 17.0 Å². The van der Waals surface area contributed by atoms with Crippen molar-refractivity contribution in [3.05, 3.63) is 70.3 Å². The first-order valence-corrected chi connectivity index (χ1v) is 7.02. The SMILES string of the molecule is COc1ccc(C(=O)Nc2cnc3cc(C)ccn3c2=O)cc1. The van der Waals surface area contributed by atoms with E-state index in [4.69, 9.17) is 4.74 Å². The lowest BCUT2D eigenvalue weighted by Crippen LogP contribution is -2.23. The Morgan fingerprint density at radius 1 is 1.22 bits per heavy atom. The molecule has 6 heteroatoms. The zero-order chi connectivity index (χ0) is 16.4. The summed E-state index contributed by atoms with van der Waals surface area (Å²) in [4.78, 5) is 28.8. The third-order valence-corrected chi connectivity index (χ3v) is 3.47. The van der Waals surface area contributed by atoms with Crippen molar-refractivity contribution in [2.45, 2.75) is 6.92 Å². The number of pyridine rings is 1. The number of fused-ring (bicyclic) bond motifs is 1. The van der Waals surface area contributed by atoms with Crippen LogP contribution in [0.1, 0.15) is 15.9 Å². The van der Waals surface area contributed by atoms with Gasteiger partial charge in [-0.25, -0.2) is 4.98 Å². The van der Waals surface area contributed by atoms with Gasteiger partial charge in [-0.3, -0.25) is 14.0 Å². The van der Waals surface area contributed by atoms with Crippen LogP contribution >= 0.6 is 0 Å². The summed E-state index contributed by atoms with van der Waals surface area (Å²) in [6.07, 6.45) is 3.02. The van der Waals surface area contributed by atoms with Crippen molar-refractivity contribution >= 4 is 17.2 Å². The largest absolute Gasteiger partial charge is 0.497 e. The predicted octanol–water partition coefficient (Wildman–Crippen LogP) is 2.26. The van der Waals surface area contributed by atoms with E-state index < -0.39 is 0 Å². The molecule has 0 aliphatic carbocycles. The van der Waals surface area contributed by atoms with Gasteiger partial charge in [0.15, 0.2) is 0 Å². The first-order valence-electron chi connectivity index (χ1n) is 7.02. The molecule has 0 saturated heterocycles. The van der Waals surface area contributed by atoms with Crippen LogP contribution in [0.3, 0.4) is 0 Å². The molecular formula is C17H15N3O3. The minimum absolute atomic E-state index is 0.132. The highest BCUT2D eigenvalue weighted by Crippen LogP contribution is 2.12. The molecule has 0 aliphatic heterocycles. The lowest BCUT2D eigenvalue weighted by atomic mass is 10.2. The van der Waals surface area contributed by atoms with Gasteiger partial charge >= 0.3 is 0 Å². The first-order chi connectivity index (χ1) is 11.1. The van der Waals surface area contributed by atoms with Crippen LogP contribution < -0.4 is 15.6 Å². The Bertz CT molecular complexity index is 930. The number of carbonyl (C=O) groups excluding carboxylic acids is 1. The van der Waals surface area contributed by atoms with Gasteiger partial charge in [-0.1, -0.05) is 0 Å². The summed E-state index contributed by atoms with van der Waals surface area (Å²) in [7, 11) is 1.55. The highest BCUT2D eigenvalue weighted by molar-refractivity contribution is 6.04.